The summed E-state index contributed by atoms with van der Waals surface area (Å²) in [6, 6.07) is 0. The summed E-state index contributed by atoms with van der Waals surface area (Å²) in [5, 5.41) is 0.336. The van der Waals surface area contributed by atoms with E-state index in [1.165, 1.54) is 135 Å². The van der Waals surface area contributed by atoms with Crippen LogP contribution in [0.1, 0.15) is 209 Å². The second kappa shape index (κ2) is 30.9. The van der Waals surface area contributed by atoms with Crippen LogP contribution in [-0.4, -0.2) is 67.0 Å². The summed E-state index contributed by atoms with van der Waals surface area (Å²) in [6.07, 6.45) is 31.1. The third kappa shape index (κ3) is 27.9. The first-order valence-electron chi connectivity index (χ1n) is 23.1. The second-order valence-electron chi connectivity index (χ2n) is 19.6. The summed E-state index contributed by atoms with van der Waals surface area (Å²) in [7, 11) is -3.77. The lowest BCUT2D eigenvalue weighted by Gasteiger charge is -2.39. The second-order valence-corrected chi connectivity index (χ2v) is 29.3. The Morgan fingerprint density at radius 1 is 0.491 bits per heavy atom. The fraction of sp³-hybridized carbons (Fsp3) is 0.978. The highest BCUT2D eigenvalue weighted by atomic mass is 28.4. The highest BCUT2D eigenvalue weighted by Crippen LogP contribution is 2.38. The molecule has 0 N–H and O–H groups in total. The molecule has 0 aromatic rings. The monoisotopic (exact) mass is 784 g/mol. The molecule has 0 aliphatic heterocycles. The summed E-state index contributed by atoms with van der Waals surface area (Å²) in [4.78, 5) is 15.6. The Hall–Kier alpha value is -0.216. The van der Waals surface area contributed by atoms with Crippen LogP contribution in [-0.2, 0) is 18.4 Å². The lowest BCUT2D eigenvalue weighted by Crippen LogP contribution is -2.45. The van der Waals surface area contributed by atoms with Gasteiger partial charge in [-0.2, -0.15) is 0 Å². The maximum Gasteiger partial charge on any atom is 0.222 e. The Morgan fingerprint density at radius 3 is 1.19 bits per heavy atom. The molecule has 5 nitrogen and oxygen atoms in total. The minimum atomic E-state index is -1.88. The van der Waals surface area contributed by atoms with Gasteiger partial charge in [-0.3, -0.25) is 4.79 Å². The van der Waals surface area contributed by atoms with Crippen molar-refractivity contribution >= 4 is 22.5 Å². The van der Waals surface area contributed by atoms with Crippen molar-refractivity contribution in [2.24, 2.45) is 5.92 Å². The molecule has 0 saturated heterocycles. The molecule has 0 unspecified atom stereocenters. The Labute approximate surface area is 335 Å². The molecule has 0 fully saturated rings. The van der Waals surface area contributed by atoms with Crippen LogP contribution >= 0.6 is 0 Å². The quantitative estimate of drug-likeness (QED) is 0.0469. The SMILES string of the molecule is CCCCCCCCCCCCCCN(CCOCC(CO[Si](C)(C)C(C)(C)C)CO[Si](C)(C)C(C)(C)C)C(=O)CCCCCCCCCCCCC. The zero-order chi connectivity index (χ0) is 40.1. The van der Waals surface area contributed by atoms with Gasteiger partial charge in [-0.25, -0.2) is 0 Å². The number of amides is 1. The van der Waals surface area contributed by atoms with E-state index in [9.17, 15) is 4.79 Å². The van der Waals surface area contributed by atoms with E-state index in [0.29, 0.717) is 45.3 Å². The lowest BCUT2D eigenvalue weighted by molar-refractivity contribution is -0.132. The van der Waals surface area contributed by atoms with Crippen molar-refractivity contribution in [3.63, 3.8) is 0 Å². The van der Waals surface area contributed by atoms with Crippen molar-refractivity contribution in [2.45, 2.75) is 246 Å². The normalized spacial score (nSPS) is 13.0. The van der Waals surface area contributed by atoms with Gasteiger partial charge in [0.1, 0.15) is 0 Å². The maximum absolute atomic E-state index is 13.5. The predicted octanol–water partition coefficient (Wildman–Crippen LogP) is 14.9. The number of rotatable bonds is 36. The van der Waals surface area contributed by atoms with Crippen LogP contribution in [0.2, 0.25) is 36.3 Å². The van der Waals surface area contributed by atoms with Crippen molar-refractivity contribution in [1.82, 2.24) is 4.90 Å². The molecule has 0 aliphatic carbocycles. The van der Waals surface area contributed by atoms with Crippen molar-refractivity contribution in [3.8, 4) is 0 Å². The van der Waals surface area contributed by atoms with Gasteiger partial charge in [0.25, 0.3) is 0 Å². The fourth-order valence-electron chi connectivity index (χ4n) is 6.26. The highest BCUT2D eigenvalue weighted by molar-refractivity contribution is 6.74. The third-order valence-electron chi connectivity index (χ3n) is 12.5. The Morgan fingerprint density at radius 2 is 0.830 bits per heavy atom. The summed E-state index contributed by atoms with van der Waals surface area (Å²) in [6.45, 7) is 31.8. The van der Waals surface area contributed by atoms with Gasteiger partial charge in [0.2, 0.25) is 5.91 Å². The maximum atomic E-state index is 13.5. The number of hydrogen-bond donors (Lipinski definition) is 0. The van der Waals surface area contributed by atoms with Gasteiger partial charge < -0.3 is 18.5 Å². The molecule has 0 aromatic heterocycles. The smallest absolute Gasteiger partial charge is 0.222 e. The molecule has 0 aromatic carbocycles. The van der Waals surface area contributed by atoms with E-state index in [2.05, 4.69) is 86.5 Å². The zero-order valence-corrected chi connectivity index (χ0v) is 40.4. The summed E-state index contributed by atoms with van der Waals surface area (Å²) in [5.74, 6) is 0.516. The average Bonchev–Trinajstić information content (AvgIpc) is 3.08. The summed E-state index contributed by atoms with van der Waals surface area (Å²) in [5.41, 5.74) is 0. The predicted molar refractivity (Wildman–Crippen MR) is 239 cm³/mol. The van der Waals surface area contributed by atoms with Crippen molar-refractivity contribution in [3.05, 3.63) is 0 Å². The molecule has 0 saturated carbocycles. The molecule has 0 rings (SSSR count). The number of hydrogen-bond acceptors (Lipinski definition) is 4. The molecule has 0 bridgehead atoms. The molecule has 0 heterocycles. The van der Waals surface area contributed by atoms with Gasteiger partial charge in [-0.05, 0) is 49.1 Å². The highest BCUT2D eigenvalue weighted by Gasteiger charge is 2.39. The Kier molecular flexibility index (Phi) is 30.7. The van der Waals surface area contributed by atoms with E-state index in [-0.39, 0.29) is 16.0 Å². The van der Waals surface area contributed by atoms with E-state index in [1.807, 2.05) is 0 Å². The number of unbranched alkanes of at least 4 members (excludes halogenated alkanes) is 21. The van der Waals surface area contributed by atoms with E-state index >= 15 is 0 Å². The van der Waals surface area contributed by atoms with E-state index < -0.39 is 16.6 Å². The van der Waals surface area contributed by atoms with E-state index in [4.69, 9.17) is 13.6 Å². The van der Waals surface area contributed by atoms with E-state index in [0.717, 1.165) is 19.4 Å². The fourth-order valence-corrected chi connectivity index (χ4v) is 8.43. The van der Waals surface area contributed by atoms with Crippen LogP contribution in [0.3, 0.4) is 0 Å². The van der Waals surface area contributed by atoms with Crippen LogP contribution in [0, 0.1) is 5.92 Å². The third-order valence-corrected chi connectivity index (χ3v) is 21.5. The standard InChI is InChI=1S/C46H97NO4Si2/c1-13-15-17-19-21-23-25-27-29-31-33-35-37-47(44(48)36-34-32-30-28-26-24-22-20-18-16-14-2)38-39-49-40-43(41-50-52(9,10)45(3,4)5)42-51-53(11,12)46(6,7)8/h43H,13-42H2,1-12H3. The number of carbonyl (C=O) groups excluding carboxylic acids is 1. The minimum Gasteiger partial charge on any atom is -0.416 e. The van der Waals surface area contributed by atoms with Gasteiger partial charge in [-0.1, -0.05) is 190 Å². The van der Waals surface area contributed by atoms with Crippen LogP contribution in [0.5, 0.6) is 0 Å². The molecule has 1 amide bonds. The molecular weight excluding hydrogens is 687 g/mol. The van der Waals surface area contributed by atoms with Gasteiger partial charge in [0.15, 0.2) is 16.6 Å². The van der Waals surface area contributed by atoms with Gasteiger partial charge in [0, 0.05) is 38.6 Å². The summed E-state index contributed by atoms with van der Waals surface area (Å²) >= 11 is 0. The van der Waals surface area contributed by atoms with Crippen molar-refractivity contribution in [1.29, 1.82) is 0 Å². The number of nitrogens with zero attached hydrogens (tertiary/aromatic N) is 1. The first-order chi connectivity index (χ1) is 25.0. The molecule has 0 spiro atoms. The zero-order valence-electron chi connectivity index (χ0n) is 38.4. The molecule has 318 valence electrons. The topological polar surface area (TPSA) is 48.0 Å². The van der Waals surface area contributed by atoms with Crippen molar-refractivity contribution < 1.29 is 18.4 Å². The van der Waals surface area contributed by atoms with Gasteiger partial charge >= 0.3 is 0 Å². The largest absolute Gasteiger partial charge is 0.416 e. The number of ether oxygens (including phenoxy) is 1. The molecule has 0 radical (unpaired) electrons. The molecule has 0 atom stereocenters. The van der Waals surface area contributed by atoms with Crippen LogP contribution < -0.4 is 0 Å². The Balaban J connectivity index is 4.98. The molecular formula is C46H97NO4Si2. The molecule has 7 heteroatoms. The average molecular weight is 784 g/mol. The Bertz CT molecular complexity index is 821. The van der Waals surface area contributed by atoms with Gasteiger partial charge in [0.05, 0.1) is 13.2 Å². The van der Waals surface area contributed by atoms with Gasteiger partial charge in [-0.15, -0.1) is 0 Å². The number of carbonyl (C=O) groups is 1. The first kappa shape index (κ1) is 52.8. The van der Waals surface area contributed by atoms with E-state index in [1.54, 1.807) is 0 Å². The summed E-state index contributed by atoms with van der Waals surface area (Å²) < 4.78 is 19.7. The molecule has 0 aliphatic rings. The molecule has 53 heavy (non-hydrogen) atoms. The first-order valence-corrected chi connectivity index (χ1v) is 28.9. The minimum absolute atomic E-state index is 0.168. The lowest BCUT2D eigenvalue weighted by atomic mass is 10.0. The van der Waals surface area contributed by atoms with Crippen LogP contribution in [0.4, 0.5) is 0 Å². The van der Waals surface area contributed by atoms with Crippen molar-refractivity contribution in [2.75, 3.05) is 39.5 Å². The van der Waals surface area contributed by atoms with Crippen LogP contribution in [0.15, 0.2) is 0 Å². The van der Waals surface area contributed by atoms with Crippen LogP contribution in [0.25, 0.3) is 0 Å².